The van der Waals surface area contributed by atoms with E-state index in [9.17, 15) is 18.0 Å². The number of anilines is 1. The Morgan fingerprint density at radius 2 is 1.91 bits per heavy atom. The Hall–Kier alpha value is -1.78. The number of carbonyl (C=O) groups is 2. The largest absolute Gasteiger partial charge is 0.480 e. The van der Waals surface area contributed by atoms with Gasteiger partial charge in [0.15, 0.2) is 0 Å². The molecule has 0 spiro atoms. The zero-order valence-corrected chi connectivity index (χ0v) is 13.4. The number of hydrogen-bond donors (Lipinski definition) is 4. The van der Waals surface area contributed by atoms with Crippen molar-refractivity contribution < 1.29 is 23.1 Å². The number of nitrogens with one attached hydrogen (secondary N) is 2. The first kappa shape index (κ1) is 18.3. The molecular weight excluding hydrogens is 330 g/mol. The van der Waals surface area contributed by atoms with Crippen LogP contribution >= 0.6 is 11.8 Å². The first-order chi connectivity index (χ1) is 10.2. The Bertz CT molecular complexity index is 631. The van der Waals surface area contributed by atoms with Gasteiger partial charge in [0.25, 0.3) is 0 Å². The van der Waals surface area contributed by atoms with E-state index in [4.69, 9.17) is 10.2 Å². The van der Waals surface area contributed by atoms with Crippen molar-refractivity contribution in [3.63, 3.8) is 0 Å². The summed E-state index contributed by atoms with van der Waals surface area (Å²) >= 11 is 1.48. The zero-order valence-electron chi connectivity index (χ0n) is 11.8. The van der Waals surface area contributed by atoms with Gasteiger partial charge < -0.3 is 15.7 Å². The third-order valence-electron chi connectivity index (χ3n) is 2.65. The van der Waals surface area contributed by atoms with Crippen molar-refractivity contribution in [3.8, 4) is 0 Å². The molecular formula is C12H17N3O5S2. The fourth-order valence-electron chi connectivity index (χ4n) is 1.55. The molecule has 0 aliphatic rings. The molecule has 0 fully saturated rings. The van der Waals surface area contributed by atoms with E-state index in [1.54, 1.807) is 0 Å². The maximum Gasteiger partial charge on any atom is 0.326 e. The van der Waals surface area contributed by atoms with E-state index >= 15 is 0 Å². The number of primary sulfonamides is 1. The summed E-state index contributed by atoms with van der Waals surface area (Å²) in [5.74, 6) is -0.519. The van der Waals surface area contributed by atoms with Gasteiger partial charge in [-0.25, -0.2) is 23.1 Å². The molecule has 0 unspecified atom stereocenters. The van der Waals surface area contributed by atoms with Gasteiger partial charge >= 0.3 is 12.0 Å². The van der Waals surface area contributed by atoms with Crippen molar-refractivity contribution in [3.05, 3.63) is 24.3 Å². The lowest BCUT2D eigenvalue weighted by Crippen LogP contribution is -2.43. The average molecular weight is 347 g/mol. The molecule has 1 atom stereocenters. The Morgan fingerprint density at radius 1 is 1.32 bits per heavy atom. The molecule has 2 amide bonds. The smallest absolute Gasteiger partial charge is 0.326 e. The maximum absolute atomic E-state index is 11.7. The van der Waals surface area contributed by atoms with Gasteiger partial charge in [-0.15, -0.1) is 0 Å². The summed E-state index contributed by atoms with van der Waals surface area (Å²) in [7, 11) is -3.80. The second-order valence-corrected chi connectivity index (χ2v) is 6.89. The summed E-state index contributed by atoms with van der Waals surface area (Å²) in [6.07, 6.45) is 2.14. The van der Waals surface area contributed by atoms with E-state index in [0.717, 1.165) is 0 Å². The van der Waals surface area contributed by atoms with Gasteiger partial charge in [0.05, 0.1) is 4.90 Å². The van der Waals surface area contributed by atoms with E-state index in [-0.39, 0.29) is 4.90 Å². The summed E-state index contributed by atoms with van der Waals surface area (Å²) in [6, 6.07) is 3.53. The second-order valence-electron chi connectivity index (χ2n) is 4.34. The third kappa shape index (κ3) is 5.92. The van der Waals surface area contributed by atoms with Crippen LogP contribution in [0.1, 0.15) is 6.42 Å². The molecule has 122 valence electrons. The molecule has 8 nitrogen and oxygen atoms in total. The lowest BCUT2D eigenvalue weighted by atomic mass is 10.2. The highest BCUT2D eigenvalue weighted by Gasteiger charge is 2.19. The molecule has 10 heteroatoms. The van der Waals surface area contributed by atoms with Crippen LogP contribution in [0.5, 0.6) is 0 Å². The van der Waals surface area contributed by atoms with E-state index in [0.29, 0.717) is 17.9 Å². The lowest BCUT2D eigenvalue weighted by Gasteiger charge is -2.14. The van der Waals surface area contributed by atoms with Crippen molar-refractivity contribution in [2.45, 2.75) is 17.4 Å². The van der Waals surface area contributed by atoms with E-state index in [1.165, 1.54) is 36.0 Å². The predicted molar refractivity (Wildman–Crippen MR) is 84.4 cm³/mol. The highest BCUT2D eigenvalue weighted by molar-refractivity contribution is 7.98. The number of sulfonamides is 1. The first-order valence-corrected chi connectivity index (χ1v) is 9.10. The molecule has 1 aromatic carbocycles. The zero-order chi connectivity index (χ0) is 16.8. The second kappa shape index (κ2) is 8.01. The number of carbonyl (C=O) groups excluding carboxylic acids is 1. The van der Waals surface area contributed by atoms with Crippen molar-refractivity contribution >= 4 is 39.5 Å². The summed E-state index contributed by atoms with van der Waals surface area (Å²) in [5.41, 5.74) is 0.318. The molecule has 0 saturated heterocycles. The molecule has 0 bridgehead atoms. The number of hydrogen-bond acceptors (Lipinski definition) is 5. The monoisotopic (exact) mass is 347 g/mol. The molecule has 0 aliphatic carbocycles. The fraction of sp³-hybridized carbons (Fsp3) is 0.333. The van der Waals surface area contributed by atoms with Gasteiger partial charge in [0.1, 0.15) is 6.04 Å². The highest BCUT2D eigenvalue weighted by atomic mass is 32.2. The number of urea groups is 1. The molecule has 22 heavy (non-hydrogen) atoms. The molecule has 0 heterocycles. The average Bonchev–Trinajstić information content (AvgIpc) is 2.42. The van der Waals surface area contributed by atoms with Gasteiger partial charge in [0.2, 0.25) is 10.0 Å². The maximum atomic E-state index is 11.7. The van der Waals surface area contributed by atoms with Crippen LogP contribution < -0.4 is 15.8 Å². The number of benzene rings is 1. The molecule has 0 aromatic heterocycles. The summed E-state index contributed by atoms with van der Waals surface area (Å²) in [6.45, 7) is 0. The number of nitrogens with two attached hydrogens (primary N) is 1. The number of carboxylic acids is 1. The predicted octanol–water partition coefficient (Wildman–Crippen LogP) is 0.662. The first-order valence-electron chi connectivity index (χ1n) is 6.16. The number of carboxylic acid groups (broad SMARTS) is 1. The summed E-state index contributed by atoms with van der Waals surface area (Å²) < 4.78 is 22.2. The Labute approximate surface area is 132 Å². The van der Waals surface area contributed by atoms with Crippen LogP contribution in [0.3, 0.4) is 0 Å². The summed E-state index contributed by atoms with van der Waals surface area (Å²) in [5, 5.41) is 18.7. The van der Waals surface area contributed by atoms with Crippen LogP contribution in [0.25, 0.3) is 0 Å². The number of aliphatic carboxylic acids is 1. The summed E-state index contributed by atoms with van der Waals surface area (Å²) in [4.78, 5) is 22.7. The van der Waals surface area contributed by atoms with Crippen LogP contribution in [0, 0.1) is 0 Å². The van der Waals surface area contributed by atoms with Crippen molar-refractivity contribution in [1.29, 1.82) is 0 Å². The Kier molecular flexibility index (Phi) is 6.65. The highest BCUT2D eigenvalue weighted by Crippen LogP contribution is 2.12. The van der Waals surface area contributed by atoms with Crippen molar-refractivity contribution in [1.82, 2.24) is 5.32 Å². The minimum atomic E-state index is -3.80. The third-order valence-corrected chi connectivity index (χ3v) is 4.23. The normalized spacial score (nSPS) is 12.5. The van der Waals surface area contributed by atoms with E-state index in [1.807, 2.05) is 6.26 Å². The van der Waals surface area contributed by atoms with Crippen LogP contribution in [0.15, 0.2) is 29.2 Å². The van der Waals surface area contributed by atoms with E-state index < -0.39 is 28.1 Å². The minimum absolute atomic E-state index is 0.0816. The fourth-order valence-corrected chi connectivity index (χ4v) is 2.53. The van der Waals surface area contributed by atoms with Crippen LogP contribution in [0.4, 0.5) is 10.5 Å². The van der Waals surface area contributed by atoms with Gasteiger partial charge in [-0.2, -0.15) is 11.8 Å². The topological polar surface area (TPSA) is 139 Å². The minimum Gasteiger partial charge on any atom is -0.480 e. The SMILES string of the molecule is CSCC[C@H](NC(=O)Nc1ccc(S(N)(=O)=O)cc1)C(=O)O. The lowest BCUT2D eigenvalue weighted by molar-refractivity contribution is -0.139. The Balaban J connectivity index is 2.66. The molecule has 0 saturated carbocycles. The molecule has 5 N–H and O–H groups in total. The van der Waals surface area contributed by atoms with Gasteiger partial charge in [-0.05, 0) is 42.7 Å². The van der Waals surface area contributed by atoms with Gasteiger partial charge in [-0.1, -0.05) is 0 Å². The standard InChI is InChI=1S/C12H17N3O5S2/c1-21-7-6-10(11(16)17)15-12(18)14-8-2-4-9(5-3-8)22(13,19)20/h2-5,10H,6-7H2,1H3,(H,16,17)(H2,13,19,20)(H2,14,15,18)/t10-/m0/s1. The van der Waals surface area contributed by atoms with E-state index in [2.05, 4.69) is 10.6 Å². The van der Waals surface area contributed by atoms with Crippen LogP contribution in [-0.2, 0) is 14.8 Å². The molecule has 1 rings (SSSR count). The molecule has 1 aromatic rings. The molecule has 0 aliphatic heterocycles. The van der Waals surface area contributed by atoms with Crippen LogP contribution in [-0.4, -0.2) is 43.6 Å². The number of amides is 2. The van der Waals surface area contributed by atoms with Crippen molar-refractivity contribution in [2.75, 3.05) is 17.3 Å². The quantitative estimate of drug-likeness (QED) is 0.571. The van der Waals surface area contributed by atoms with Gasteiger partial charge in [0, 0.05) is 5.69 Å². The van der Waals surface area contributed by atoms with Crippen molar-refractivity contribution in [2.24, 2.45) is 5.14 Å². The Morgan fingerprint density at radius 3 is 2.36 bits per heavy atom. The van der Waals surface area contributed by atoms with Crippen LogP contribution in [0.2, 0.25) is 0 Å². The molecule has 0 radical (unpaired) electrons. The van der Waals surface area contributed by atoms with Gasteiger partial charge in [-0.3, -0.25) is 0 Å². The number of thioether (sulfide) groups is 1. The number of rotatable bonds is 7.